The zero-order valence-corrected chi connectivity index (χ0v) is 12.8. The van der Waals surface area contributed by atoms with Crippen molar-refractivity contribution in [3.8, 4) is 0 Å². The maximum absolute atomic E-state index is 5.99. The first-order valence-electron chi connectivity index (χ1n) is 6.40. The number of rotatable bonds is 4. The van der Waals surface area contributed by atoms with Gasteiger partial charge < -0.3 is 4.42 Å². The van der Waals surface area contributed by atoms with E-state index in [2.05, 4.69) is 53.7 Å². The molecule has 0 bridgehead atoms. The second kappa shape index (κ2) is 4.78. The Balaban J connectivity index is 3.33. The highest BCUT2D eigenvalue weighted by atomic mass is 28.3. The molecule has 1 aromatic heterocycles. The number of furan rings is 1. The first kappa shape index (κ1) is 13.6. The van der Waals surface area contributed by atoms with Crippen LogP contribution in [0, 0.1) is 6.92 Å². The molecule has 0 fully saturated rings. The van der Waals surface area contributed by atoms with Crippen molar-refractivity contribution in [3.05, 3.63) is 17.9 Å². The van der Waals surface area contributed by atoms with Gasteiger partial charge in [0.25, 0.3) is 0 Å². The predicted octanol–water partition coefficient (Wildman–Crippen LogP) is 4.47. The molecule has 0 aliphatic carbocycles. The van der Waals surface area contributed by atoms with E-state index in [0.29, 0.717) is 0 Å². The van der Waals surface area contributed by atoms with Crippen LogP contribution in [-0.4, -0.2) is 8.07 Å². The Bertz CT molecular complexity index is 314. The van der Waals surface area contributed by atoms with Gasteiger partial charge in [-0.3, -0.25) is 0 Å². The molecule has 2 heteroatoms. The molecular weight excluding hydrogens is 212 g/mol. The largest absolute Gasteiger partial charge is 0.471 e. The third-order valence-electron chi connectivity index (χ3n) is 4.03. The van der Waals surface area contributed by atoms with E-state index >= 15 is 0 Å². The molecule has 1 heterocycles. The Hall–Kier alpha value is -0.503. The molecular formula is C14H26OSi. The minimum absolute atomic E-state index is 0.720. The van der Waals surface area contributed by atoms with E-state index in [4.69, 9.17) is 4.42 Å². The van der Waals surface area contributed by atoms with Gasteiger partial charge >= 0.3 is 0 Å². The fourth-order valence-electron chi connectivity index (χ4n) is 3.52. The fraction of sp³-hybridized carbons (Fsp3) is 0.714. The average Bonchev–Trinajstić information content (AvgIpc) is 2.50. The normalized spacial score (nSPS) is 13.1. The molecule has 1 nitrogen and oxygen atoms in total. The summed E-state index contributed by atoms with van der Waals surface area (Å²) in [6, 6.07) is 4.34. The molecule has 1 aromatic rings. The Kier molecular flexibility index (Phi) is 4.05. The van der Waals surface area contributed by atoms with E-state index in [1.165, 1.54) is 5.38 Å². The van der Waals surface area contributed by atoms with E-state index < -0.39 is 8.07 Å². The molecule has 1 rings (SSSR count). The van der Waals surface area contributed by atoms with E-state index in [9.17, 15) is 0 Å². The molecule has 0 saturated heterocycles. The third kappa shape index (κ3) is 2.00. The molecule has 0 aromatic carbocycles. The second-order valence-corrected chi connectivity index (χ2v) is 11.6. The zero-order chi connectivity index (χ0) is 12.5. The van der Waals surface area contributed by atoms with Crippen molar-refractivity contribution in [2.24, 2.45) is 0 Å². The van der Waals surface area contributed by atoms with Crippen LogP contribution in [0.5, 0.6) is 0 Å². The Morgan fingerprint density at radius 1 is 0.875 bits per heavy atom. The monoisotopic (exact) mass is 238 g/mol. The summed E-state index contributed by atoms with van der Waals surface area (Å²) in [7, 11) is -1.55. The van der Waals surface area contributed by atoms with E-state index in [1.807, 2.05) is 6.92 Å². The van der Waals surface area contributed by atoms with Crippen LogP contribution < -0.4 is 5.38 Å². The summed E-state index contributed by atoms with van der Waals surface area (Å²) in [5, 5.41) is 1.30. The smallest absolute Gasteiger partial charge is 0.139 e. The van der Waals surface area contributed by atoms with Crippen molar-refractivity contribution >= 4 is 13.5 Å². The highest BCUT2D eigenvalue weighted by Crippen LogP contribution is 2.41. The lowest BCUT2D eigenvalue weighted by Crippen LogP contribution is -2.55. The van der Waals surface area contributed by atoms with E-state index in [0.717, 1.165) is 22.4 Å². The van der Waals surface area contributed by atoms with Crippen LogP contribution in [0.3, 0.4) is 0 Å². The van der Waals surface area contributed by atoms with Gasteiger partial charge in [-0.25, -0.2) is 0 Å². The molecule has 0 aliphatic heterocycles. The van der Waals surface area contributed by atoms with Gasteiger partial charge in [0.15, 0.2) is 0 Å². The SMILES string of the molecule is Cc1ccc([Si](C(C)C)(C(C)C)C(C)C)o1. The molecule has 0 radical (unpaired) electrons. The summed E-state index contributed by atoms with van der Waals surface area (Å²) in [5.41, 5.74) is 2.16. The molecule has 16 heavy (non-hydrogen) atoms. The Morgan fingerprint density at radius 3 is 1.56 bits per heavy atom. The van der Waals surface area contributed by atoms with Crippen molar-refractivity contribution in [1.29, 1.82) is 0 Å². The van der Waals surface area contributed by atoms with Crippen molar-refractivity contribution < 1.29 is 4.42 Å². The van der Waals surface area contributed by atoms with E-state index in [1.54, 1.807) is 0 Å². The van der Waals surface area contributed by atoms with Crippen molar-refractivity contribution in [2.75, 3.05) is 0 Å². The third-order valence-corrected chi connectivity index (χ3v) is 10.9. The van der Waals surface area contributed by atoms with Crippen LogP contribution in [0.4, 0.5) is 0 Å². The molecule has 0 unspecified atom stereocenters. The summed E-state index contributed by atoms with van der Waals surface area (Å²) in [6.07, 6.45) is 0. The fourth-order valence-corrected chi connectivity index (χ4v) is 9.94. The molecule has 0 N–H and O–H groups in total. The van der Waals surface area contributed by atoms with Crippen LogP contribution >= 0.6 is 0 Å². The maximum Gasteiger partial charge on any atom is 0.139 e. The van der Waals surface area contributed by atoms with Gasteiger partial charge in [-0.1, -0.05) is 41.5 Å². The predicted molar refractivity (Wildman–Crippen MR) is 74.1 cm³/mol. The topological polar surface area (TPSA) is 13.1 Å². The zero-order valence-electron chi connectivity index (χ0n) is 11.8. The molecule has 0 saturated carbocycles. The highest BCUT2D eigenvalue weighted by molar-refractivity contribution is 6.94. The van der Waals surface area contributed by atoms with Gasteiger partial charge in [0.05, 0.1) is 11.1 Å². The lowest BCUT2D eigenvalue weighted by molar-refractivity contribution is 0.554. The molecule has 0 amide bonds. The maximum atomic E-state index is 5.99. The summed E-state index contributed by atoms with van der Waals surface area (Å²) in [5.74, 6) is 1.05. The Morgan fingerprint density at radius 2 is 1.31 bits per heavy atom. The van der Waals surface area contributed by atoms with Gasteiger partial charge in [-0.05, 0) is 35.7 Å². The highest BCUT2D eigenvalue weighted by Gasteiger charge is 2.47. The van der Waals surface area contributed by atoms with Crippen LogP contribution in [-0.2, 0) is 0 Å². The molecule has 0 spiro atoms. The number of aryl methyl sites for hydroxylation is 1. The summed E-state index contributed by atoms with van der Waals surface area (Å²) in [6.45, 7) is 16.2. The molecule has 0 atom stereocenters. The molecule has 92 valence electrons. The van der Waals surface area contributed by atoms with Gasteiger partial charge in [-0.2, -0.15) is 0 Å². The Labute approximate surface area is 101 Å². The summed E-state index contributed by atoms with van der Waals surface area (Å²) < 4.78 is 5.99. The van der Waals surface area contributed by atoms with Crippen molar-refractivity contribution in [3.63, 3.8) is 0 Å². The van der Waals surface area contributed by atoms with Gasteiger partial charge in [0.1, 0.15) is 8.07 Å². The number of hydrogen-bond donors (Lipinski definition) is 0. The van der Waals surface area contributed by atoms with Crippen molar-refractivity contribution in [1.82, 2.24) is 0 Å². The minimum atomic E-state index is -1.55. The lowest BCUT2D eigenvalue weighted by Gasteiger charge is -2.41. The van der Waals surface area contributed by atoms with Gasteiger partial charge in [-0.15, -0.1) is 0 Å². The number of hydrogen-bond acceptors (Lipinski definition) is 1. The summed E-state index contributed by atoms with van der Waals surface area (Å²) >= 11 is 0. The average molecular weight is 238 g/mol. The first-order chi connectivity index (χ1) is 7.33. The van der Waals surface area contributed by atoms with E-state index in [-0.39, 0.29) is 0 Å². The van der Waals surface area contributed by atoms with Crippen LogP contribution in [0.1, 0.15) is 47.3 Å². The first-order valence-corrected chi connectivity index (χ1v) is 8.63. The van der Waals surface area contributed by atoms with Crippen LogP contribution in [0.25, 0.3) is 0 Å². The summed E-state index contributed by atoms with van der Waals surface area (Å²) in [4.78, 5) is 0. The van der Waals surface area contributed by atoms with Crippen molar-refractivity contribution in [2.45, 2.75) is 65.1 Å². The lowest BCUT2D eigenvalue weighted by atomic mass is 10.5. The quantitative estimate of drug-likeness (QED) is 0.705. The second-order valence-electron chi connectivity index (χ2n) is 5.81. The molecule has 0 aliphatic rings. The minimum Gasteiger partial charge on any atom is -0.471 e. The van der Waals surface area contributed by atoms with Crippen LogP contribution in [0.2, 0.25) is 16.6 Å². The standard InChI is InChI=1S/C14H26OSi/c1-10(2)16(11(3)4,12(5)6)14-9-8-13(7)15-14/h8-12H,1-7H3. The van der Waals surface area contributed by atoms with Gasteiger partial charge in [0, 0.05) is 0 Å². The van der Waals surface area contributed by atoms with Crippen LogP contribution in [0.15, 0.2) is 16.5 Å². The van der Waals surface area contributed by atoms with Gasteiger partial charge in [0.2, 0.25) is 0 Å².